The Morgan fingerprint density at radius 2 is 1.76 bits per heavy atom. The Hall–Kier alpha value is -3.05. The summed E-state index contributed by atoms with van der Waals surface area (Å²) in [5.41, 5.74) is 5.36. The number of allylic oxidation sites excluding steroid dienone is 2. The minimum Gasteiger partial charge on any atom is -0.508 e. The quantitative estimate of drug-likeness (QED) is 0.604. The molecule has 2 N–H and O–H groups in total. The number of Topliss-reactive ketones (excluding diaryl/α,β-unsaturated/α-hetero) is 1. The van der Waals surface area contributed by atoms with Gasteiger partial charge in [0.15, 0.2) is 5.78 Å². The molecule has 1 aliphatic heterocycles. The lowest BCUT2D eigenvalue weighted by molar-refractivity contribution is -0.116. The molecule has 1 aliphatic carbocycles. The van der Waals surface area contributed by atoms with E-state index in [0.717, 1.165) is 33.7 Å². The fourth-order valence-corrected chi connectivity index (χ4v) is 4.57. The topological polar surface area (TPSA) is 75.4 Å². The van der Waals surface area contributed by atoms with Crippen LogP contribution in [0.5, 0.6) is 5.75 Å². The van der Waals surface area contributed by atoms with Crippen molar-refractivity contribution in [1.29, 1.82) is 0 Å². The van der Waals surface area contributed by atoms with Crippen LogP contribution in [-0.4, -0.2) is 16.0 Å². The van der Waals surface area contributed by atoms with E-state index in [4.69, 9.17) is 16.1 Å². The van der Waals surface area contributed by atoms with Gasteiger partial charge in [0.1, 0.15) is 5.75 Å². The van der Waals surface area contributed by atoms with E-state index in [1.165, 1.54) is 0 Å². The van der Waals surface area contributed by atoms with Crippen LogP contribution in [0, 0.1) is 6.92 Å². The second-order valence-electron chi connectivity index (χ2n) is 7.63. The highest BCUT2D eigenvalue weighted by atomic mass is 35.5. The van der Waals surface area contributed by atoms with Crippen LogP contribution in [0.4, 0.5) is 5.88 Å². The van der Waals surface area contributed by atoms with Crippen LogP contribution in [0.25, 0.3) is 0 Å². The number of rotatable bonds is 2. The zero-order chi connectivity index (χ0) is 20.1. The smallest absolute Gasteiger partial charge is 0.233 e. The predicted octanol–water partition coefficient (Wildman–Crippen LogP) is 5.30. The highest BCUT2D eigenvalue weighted by Crippen LogP contribution is 2.49. The van der Waals surface area contributed by atoms with Gasteiger partial charge in [0.05, 0.1) is 11.3 Å². The van der Waals surface area contributed by atoms with Crippen molar-refractivity contribution < 1.29 is 14.4 Å². The number of hydrogen-bond acceptors (Lipinski definition) is 5. The van der Waals surface area contributed by atoms with Gasteiger partial charge in [-0.1, -0.05) is 41.0 Å². The Morgan fingerprint density at radius 1 is 1.07 bits per heavy atom. The molecule has 0 unspecified atom stereocenters. The van der Waals surface area contributed by atoms with E-state index in [-0.39, 0.29) is 23.4 Å². The zero-order valence-electron chi connectivity index (χ0n) is 15.8. The lowest BCUT2D eigenvalue weighted by Crippen LogP contribution is -2.29. The molecular weight excluding hydrogens is 388 g/mol. The summed E-state index contributed by atoms with van der Waals surface area (Å²) in [5.74, 6) is 0.753. The molecule has 0 fully saturated rings. The summed E-state index contributed by atoms with van der Waals surface area (Å²) < 4.78 is 5.54. The number of aromatic hydroxyl groups is 1. The minimum absolute atomic E-state index is 0.0470. The van der Waals surface area contributed by atoms with Gasteiger partial charge in [0, 0.05) is 28.6 Å². The fraction of sp³-hybridized carbons (Fsp3) is 0.217. The van der Waals surface area contributed by atoms with Gasteiger partial charge in [-0.15, -0.1) is 0 Å². The maximum atomic E-state index is 13.3. The molecule has 2 atom stereocenters. The number of anilines is 1. The maximum Gasteiger partial charge on any atom is 0.233 e. The van der Waals surface area contributed by atoms with Crippen LogP contribution in [0.3, 0.4) is 0 Å². The number of aryl methyl sites for hydroxylation is 1. The summed E-state index contributed by atoms with van der Waals surface area (Å²) in [6, 6.07) is 14.7. The van der Waals surface area contributed by atoms with Crippen molar-refractivity contribution in [2.75, 3.05) is 5.32 Å². The number of nitrogens with zero attached hydrogens (tertiary/aromatic N) is 1. The Kier molecular flexibility index (Phi) is 4.21. The van der Waals surface area contributed by atoms with Gasteiger partial charge in [0.2, 0.25) is 5.88 Å². The number of hydrogen-bond donors (Lipinski definition) is 2. The summed E-state index contributed by atoms with van der Waals surface area (Å²) in [4.78, 5) is 13.3. The van der Waals surface area contributed by atoms with E-state index >= 15 is 0 Å². The van der Waals surface area contributed by atoms with Gasteiger partial charge in [-0.2, -0.15) is 0 Å². The van der Waals surface area contributed by atoms with E-state index in [0.29, 0.717) is 23.7 Å². The van der Waals surface area contributed by atoms with Crippen LogP contribution >= 0.6 is 11.6 Å². The van der Waals surface area contributed by atoms with Crippen molar-refractivity contribution in [3.63, 3.8) is 0 Å². The molecular formula is C23H19ClN2O3. The van der Waals surface area contributed by atoms with Gasteiger partial charge < -0.3 is 14.9 Å². The molecule has 2 heterocycles. The van der Waals surface area contributed by atoms with Crippen molar-refractivity contribution in [3.05, 3.63) is 87.2 Å². The normalized spacial score (nSPS) is 20.8. The molecule has 0 saturated heterocycles. The number of fused-ring (bicyclic) bond motifs is 1. The Labute approximate surface area is 173 Å². The third kappa shape index (κ3) is 3.02. The molecule has 0 radical (unpaired) electrons. The summed E-state index contributed by atoms with van der Waals surface area (Å²) in [6.45, 7) is 1.89. The van der Waals surface area contributed by atoms with Crippen LogP contribution in [0.2, 0.25) is 5.02 Å². The Morgan fingerprint density at radius 3 is 2.48 bits per heavy atom. The first-order valence-electron chi connectivity index (χ1n) is 9.55. The van der Waals surface area contributed by atoms with Crippen molar-refractivity contribution in [1.82, 2.24) is 5.16 Å². The standard InChI is InChI=1S/C23H19ClN2O3/c1-12-20-21(14-2-6-16(24)7-3-14)22-18(25-23(20)29-26-12)10-15(11-19(22)28)13-4-8-17(27)9-5-13/h2-9,15,21,25,27H,10-11H2,1H3/t15-,21+/m1/s1. The second kappa shape index (κ2) is 6.78. The first-order valence-corrected chi connectivity index (χ1v) is 9.93. The van der Waals surface area contributed by atoms with Crippen LogP contribution in [0.1, 0.15) is 47.1 Å². The Balaban J connectivity index is 1.61. The molecule has 0 spiro atoms. The molecule has 0 amide bonds. The fourth-order valence-electron chi connectivity index (χ4n) is 4.44. The van der Waals surface area contributed by atoms with E-state index in [1.54, 1.807) is 12.1 Å². The molecule has 5 rings (SSSR count). The van der Waals surface area contributed by atoms with Crippen molar-refractivity contribution in [3.8, 4) is 5.75 Å². The Bertz CT molecular complexity index is 1130. The van der Waals surface area contributed by atoms with Crippen molar-refractivity contribution in [2.24, 2.45) is 0 Å². The molecule has 0 bridgehead atoms. The lowest BCUT2D eigenvalue weighted by atomic mass is 9.72. The predicted molar refractivity (Wildman–Crippen MR) is 110 cm³/mol. The average molecular weight is 407 g/mol. The van der Waals surface area contributed by atoms with Gasteiger partial charge in [-0.05, 0) is 54.7 Å². The number of ketones is 1. The van der Waals surface area contributed by atoms with Crippen LogP contribution in [-0.2, 0) is 4.79 Å². The van der Waals surface area contributed by atoms with Crippen molar-refractivity contribution >= 4 is 23.3 Å². The maximum absolute atomic E-state index is 13.3. The van der Waals surface area contributed by atoms with Crippen LogP contribution < -0.4 is 5.32 Å². The summed E-state index contributed by atoms with van der Waals surface area (Å²) in [5, 5.41) is 17.7. The first-order chi connectivity index (χ1) is 14.0. The van der Waals surface area contributed by atoms with Gasteiger partial charge >= 0.3 is 0 Å². The average Bonchev–Trinajstić information content (AvgIpc) is 3.08. The largest absolute Gasteiger partial charge is 0.508 e. The molecule has 29 heavy (non-hydrogen) atoms. The third-order valence-corrected chi connectivity index (χ3v) is 6.08. The monoisotopic (exact) mass is 406 g/mol. The highest BCUT2D eigenvalue weighted by Gasteiger charge is 2.41. The SMILES string of the molecule is Cc1noc2c1[C@H](c1ccc(Cl)cc1)C1=C(C[C@@H](c3ccc(O)cc3)CC1=O)N2. The number of carbonyl (C=O) groups is 1. The molecule has 3 aromatic rings. The second-order valence-corrected chi connectivity index (χ2v) is 8.07. The number of carbonyl (C=O) groups excluding carboxylic acids is 1. The minimum atomic E-state index is -0.224. The van der Waals surface area contributed by atoms with Gasteiger partial charge in [-0.3, -0.25) is 4.79 Å². The lowest BCUT2D eigenvalue weighted by Gasteiger charge is -2.34. The summed E-state index contributed by atoms with van der Waals surface area (Å²) >= 11 is 6.09. The molecule has 5 nitrogen and oxygen atoms in total. The number of nitrogens with one attached hydrogen (secondary N) is 1. The van der Waals surface area contributed by atoms with E-state index < -0.39 is 0 Å². The molecule has 6 heteroatoms. The van der Waals surface area contributed by atoms with Crippen molar-refractivity contribution in [2.45, 2.75) is 31.6 Å². The van der Waals surface area contributed by atoms with Gasteiger partial charge in [-0.25, -0.2) is 0 Å². The van der Waals surface area contributed by atoms with Crippen LogP contribution in [0.15, 0.2) is 64.3 Å². The number of benzene rings is 2. The number of phenols is 1. The van der Waals surface area contributed by atoms with E-state index in [9.17, 15) is 9.90 Å². The third-order valence-electron chi connectivity index (χ3n) is 5.83. The summed E-state index contributed by atoms with van der Waals surface area (Å²) in [6.07, 6.45) is 1.12. The molecule has 146 valence electrons. The number of halogens is 1. The molecule has 2 aromatic carbocycles. The van der Waals surface area contributed by atoms with E-state index in [2.05, 4.69) is 10.5 Å². The van der Waals surface area contributed by atoms with E-state index in [1.807, 2.05) is 43.3 Å². The molecule has 1 aromatic heterocycles. The molecule has 2 aliphatic rings. The van der Waals surface area contributed by atoms with Gasteiger partial charge in [0.25, 0.3) is 0 Å². The highest BCUT2D eigenvalue weighted by molar-refractivity contribution is 6.30. The first kappa shape index (κ1) is 18.0. The summed E-state index contributed by atoms with van der Waals surface area (Å²) in [7, 11) is 0. The number of phenolic OH excluding ortho intramolecular Hbond substituents is 1. The molecule has 0 saturated carbocycles. The number of aromatic nitrogens is 1. The zero-order valence-corrected chi connectivity index (χ0v) is 16.5.